The number of anilines is 1. The van der Waals surface area contributed by atoms with E-state index in [2.05, 4.69) is 41.8 Å². The van der Waals surface area contributed by atoms with E-state index in [1.54, 1.807) is 22.6 Å². The maximum atomic E-state index is 12.7. The van der Waals surface area contributed by atoms with Gasteiger partial charge in [-0.05, 0) is 57.4 Å². The molecule has 0 unspecified atom stereocenters. The van der Waals surface area contributed by atoms with Gasteiger partial charge in [-0.25, -0.2) is 0 Å². The van der Waals surface area contributed by atoms with E-state index in [4.69, 9.17) is 5.26 Å². The van der Waals surface area contributed by atoms with Crippen LogP contribution in [0.2, 0.25) is 0 Å². The van der Waals surface area contributed by atoms with Crippen LogP contribution in [0.4, 0.5) is 5.69 Å². The number of carbonyl (C=O) groups is 1. The van der Waals surface area contributed by atoms with Crippen LogP contribution in [-0.4, -0.2) is 22.4 Å². The second kappa shape index (κ2) is 9.45. The third-order valence-electron chi connectivity index (χ3n) is 4.03. The number of nitrogens with one attached hydrogen (secondary N) is 2. The Labute approximate surface area is 166 Å². The van der Waals surface area contributed by atoms with Gasteiger partial charge in [-0.1, -0.05) is 43.1 Å². The van der Waals surface area contributed by atoms with Crippen LogP contribution in [0, 0.1) is 11.3 Å². The van der Waals surface area contributed by atoms with Gasteiger partial charge in [0, 0.05) is 12.1 Å². The van der Waals surface area contributed by atoms with Gasteiger partial charge >= 0.3 is 0 Å². The fourth-order valence-corrected chi connectivity index (χ4v) is 2.52. The molecule has 0 heterocycles. The van der Waals surface area contributed by atoms with Crippen molar-refractivity contribution < 1.29 is 4.79 Å². The van der Waals surface area contributed by atoms with Crippen molar-refractivity contribution in [1.29, 1.82) is 5.26 Å². The highest BCUT2D eigenvalue weighted by atomic mass is 32.1. The molecule has 2 N–H and O–H groups in total. The summed E-state index contributed by atoms with van der Waals surface area (Å²) >= 11 is 4.44. The molecule has 2 aromatic rings. The molecule has 2 aromatic carbocycles. The van der Waals surface area contributed by atoms with E-state index in [9.17, 15) is 4.79 Å². The van der Waals surface area contributed by atoms with Crippen LogP contribution in [0.3, 0.4) is 0 Å². The first kappa shape index (κ1) is 20.8. The molecule has 142 valence electrons. The predicted molar refractivity (Wildman–Crippen MR) is 112 cm³/mol. The minimum absolute atomic E-state index is 0.210. The maximum absolute atomic E-state index is 12.7. The van der Waals surface area contributed by atoms with Crippen molar-refractivity contribution in [3.05, 3.63) is 65.2 Å². The van der Waals surface area contributed by atoms with Crippen LogP contribution in [0.25, 0.3) is 0 Å². The monoisotopic (exact) mass is 382 g/mol. The van der Waals surface area contributed by atoms with E-state index in [0.717, 1.165) is 12.8 Å². The fraction of sp³-hybridized carbons (Fsp3) is 0.333. The Bertz CT molecular complexity index is 809. The van der Waals surface area contributed by atoms with Gasteiger partial charge < -0.3 is 10.7 Å². The molecule has 0 aliphatic rings. The first-order valence-electron chi connectivity index (χ1n) is 8.93. The fourth-order valence-electron chi connectivity index (χ4n) is 2.42. The molecule has 1 amide bonds. The van der Waals surface area contributed by atoms with Gasteiger partial charge in [0.25, 0.3) is 5.91 Å². The highest BCUT2D eigenvalue weighted by Gasteiger charge is 2.21. The number of nitrogens with zero attached hydrogens (tertiary/aromatic N) is 2. The summed E-state index contributed by atoms with van der Waals surface area (Å²) in [4.78, 5) is 12.7. The Balaban J connectivity index is 2.03. The lowest BCUT2D eigenvalue weighted by Gasteiger charge is -2.31. The quantitative estimate of drug-likeness (QED) is 0.381. The Morgan fingerprint density at radius 3 is 2.52 bits per heavy atom. The molecule has 6 heteroatoms. The second-order valence-corrected chi connectivity index (χ2v) is 7.71. The SMILES string of the molecule is CC(C)(C)N(S)Nc1ccc(C#N)cc1C(=O)NCCCc1ccccc1. The van der Waals surface area contributed by atoms with Crippen molar-refractivity contribution in [2.75, 3.05) is 12.0 Å². The van der Waals surface area contributed by atoms with Crippen LogP contribution in [-0.2, 0) is 6.42 Å². The van der Waals surface area contributed by atoms with E-state index in [-0.39, 0.29) is 11.4 Å². The lowest BCUT2D eigenvalue weighted by Crippen LogP contribution is -2.39. The smallest absolute Gasteiger partial charge is 0.253 e. The van der Waals surface area contributed by atoms with Gasteiger partial charge in [-0.3, -0.25) is 4.79 Å². The second-order valence-electron chi connectivity index (χ2n) is 7.31. The number of hydrazine groups is 1. The molecule has 0 saturated heterocycles. The summed E-state index contributed by atoms with van der Waals surface area (Å²) in [6.07, 6.45) is 1.75. The summed E-state index contributed by atoms with van der Waals surface area (Å²) in [6, 6.07) is 17.3. The normalized spacial score (nSPS) is 11.1. The largest absolute Gasteiger partial charge is 0.352 e. The minimum atomic E-state index is -0.250. The summed E-state index contributed by atoms with van der Waals surface area (Å²) < 4.78 is 1.64. The Hall–Kier alpha value is -2.49. The number of hydrogen-bond donors (Lipinski definition) is 3. The van der Waals surface area contributed by atoms with Crippen molar-refractivity contribution in [2.24, 2.45) is 0 Å². The average Bonchev–Trinajstić information content (AvgIpc) is 2.65. The minimum Gasteiger partial charge on any atom is -0.352 e. The zero-order valence-electron chi connectivity index (χ0n) is 16.0. The van der Waals surface area contributed by atoms with Gasteiger partial charge in [0.1, 0.15) is 0 Å². The molecular weight excluding hydrogens is 356 g/mol. The third kappa shape index (κ3) is 6.31. The zero-order valence-corrected chi connectivity index (χ0v) is 16.9. The van der Waals surface area contributed by atoms with Gasteiger partial charge in [0.15, 0.2) is 0 Å². The van der Waals surface area contributed by atoms with Crippen LogP contribution in [0.1, 0.15) is 48.7 Å². The predicted octanol–water partition coefficient (Wildman–Crippen LogP) is 4.19. The molecule has 2 rings (SSSR count). The molecule has 0 atom stereocenters. The van der Waals surface area contributed by atoms with Crippen LogP contribution >= 0.6 is 12.8 Å². The molecule has 0 saturated carbocycles. The Morgan fingerprint density at radius 2 is 1.89 bits per heavy atom. The molecule has 0 aliphatic heterocycles. The summed E-state index contributed by atoms with van der Waals surface area (Å²) in [5.74, 6) is -0.210. The molecule has 0 aliphatic carbocycles. The van der Waals surface area contributed by atoms with Gasteiger partial charge in [-0.15, -0.1) is 0 Å². The summed E-state index contributed by atoms with van der Waals surface area (Å²) in [5, 5.41) is 12.1. The molecule has 27 heavy (non-hydrogen) atoms. The number of hydrogen-bond acceptors (Lipinski definition) is 5. The van der Waals surface area contributed by atoms with Crippen LogP contribution in [0.5, 0.6) is 0 Å². The van der Waals surface area contributed by atoms with Gasteiger partial charge in [0.2, 0.25) is 0 Å². The number of nitriles is 1. The van der Waals surface area contributed by atoms with Gasteiger partial charge in [-0.2, -0.15) is 9.68 Å². The lowest BCUT2D eigenvalue weighted by molar-refractivity contribution is 0.0953. The highest BCUT2D eigenvalue weighted by Crippen LogP contribution is 2.23. The molecular formula is C21H26N4OS. The standard InChI is InChI=1S/C21H26N4OS/c1-21(2,3)25(27)24-19-12-11-17(15-22)14-18(19)20(26)23-13-7-10-16-8-5-4-6-9-16/h4-6,8-9,11-12,14,24,27H,7,10,13H2,1-3H3,(H,23,26). The number of aryl methyl sites for hydroxylation is 1. The summed E-state index contributed by atoms with van der Waals surface area (Å²) in [6.45, 7) is 6.56. The van der Waals surface area contributed by atoms with E-state index in [1.165, 1.54) is 5.56 Å². The first-order valence-corrected chi connectivity index (χ1v) is 9.33. The first-order chi connectivity index (χ1) is 12.8. The number of thiol groups is 1. The number of amides is 1. The molecule has 0 bridgehead atoms. The van der Waals surface area contributed by atoms with Crippen molar-refractivity contribution in [2.45, 2.75) is 39.2 Å². The number of carbonyl (C=O) groups excluding carboxylic acids is 1. The summed E-state index contributed by atoms with van der Waals surface area (Å²) in [7, 11) is 0. The van der Waals surface area contributed by atoms with Crippen LogP contribution < -0.4 is 10.7 Å². The molecule has 0 aromatic heterocycles. The van der Waals surface area contributed by atoms with Crippen molar-refractivity contribution >= 4 is 24.4 Å². The molecule has 0 spiro atoms. The highest BCUT2D eigenvalue weighted by molar-refractivity contribution is 7.77. The Kier molecular flexibility index (Phi) is 7.28. The average molecular weight is 383 g/mol. The van der Waals surface area contributed by atoms with Gasteiger partial charge in [0.05, 0.1) is 22.9 Å². The third-order valence-corrected chi connectivity index (χ3v) is 4.73. The number of rotatable bonds is 7. The maximum Gasteiger partial charge on any atom is 0.253 e. The topological polar surface area (TPSA) is 68.2 Å². The molecule has 0 radical (unpaired) electrons. The lowest BCUT2D eigenvalue weighted by atomic mass is 10.1. The van der Waals surface area contributed by atoms with E-state index >= 15 is 0 Å². The van der Waals surface area contributed by atoms with Crippen molar-refractivity contribution in [1.82, 2.24) is 9.73 Å². The molecule has 0 fully saturated rings. The Morgan fingerprint density at radius 1 is 1.19 bits per heavy atom. The van der Waals surface area contributed by atoms with Crippen molar-refractivity contribution in [3.8, 4) is 6.07 Å². The molecule has 5 nitrogen and oxygen atoms in total. The zero-order chi connectivity index (χ0) is 19.9. The number of benzene rings is 2. The van der Waals surface area contributed by atoms with E-state index < -0.39 is 0 Å². The summed E-state index contributed by atoms with van der Waals surface area (Å²) in [5.41, 5.74) is 5.60. The van der Waals surface area contributed by atoms with Crippen LogP contribution in [0.15, 0.2) is 48.5 Å². The van der Waals surface area contributed by atoms with E-state index in [0.29, 0.717) is 23.4 Å². The van der Waals surface area contributed by atoms with E-state index in [1.807, 2.05) is 39.0 Å². The van der Waals surface area contributed by atoms with Crippen molar-refractivity contribution in [3.63, 3.8) is 0 Å².